The second kappa shape index (κ2) is 12.9. The molecule has 1 amide bonds. The van der Waals surface area contributed by atoms with Crippen molar-refractivity contribution in [1.29, 1.82) is 0 Å². The predicted octanol–water partition coefficient (Wildman–Crippen LogP) is 6.86. The number of anilines is 1. The first kappa shape index (κ1) is 31.4. The first-order chi connectivity index (χ1) is 21.0. The summed E-state index contributed by atoms with van der Waals surface area (Å²) in [5, 5.41) is 20.8. The van der Waals surface area contributed by atoms with Gasteiger partial charge in [0.1, 0.15) is 34.0 Å². The fourth-order valence-electron chi connectivity index (χ4n) is 4.38. The molecule has 0 aliphatic rings. The summed E-state index contributed by atoms with van der Waals surface area (Å²) in [4.78, 5) is 30.3. The van der Waals surface area contributed by atoms with Crippen LogP contribution in [0.4, 0.5) is 14.9 Å². The largest absolute Gasteiger partial charge is 0.495 e. The molecular formula is C29H26Cl2FN5O6S. The number of benzene rings is 2. The van der Waals surface area contributed by atoms with Gasteiger partial charge in [0.15, 0.2) is 11.6 Å². The maximum atomic E-state index is 15.5. The summed E-state index contributed by atoms with van der Waals surface area (Å²) in [6.45, 7) is 4.73. The lowest BCUT2D eigenvalue weighted by Gasteiger charge is -2.30. The summed E-state index contributed by atoms with van der Waals surface area (Å²) in [5.41, 5.74) is 1.65. The molecule has 5 rings (SSSR count). The number of nitrogens with zero attached hydrogens (tertiary/aromatic N) is 5. The van der Waals surface area contributed by atoms with Crippen molar-refractivity contribution in [3.8, 4) is 28.1 Å². The van der Waals surface area contributed by atoms with Crippen molar-refractivity contribution in [3.05, 3.63) is 58.7 Å². The topological polar surface area (TPSA) is 140 Å². The van der Waals surface area contributed by atoms with Gasteiger partial charge in [-0.15, -0.1) is 11.3 Å². The minimum Gasteiger partial charge on any atom is -0.495 e. The molecular weight excluding hydrogens is 636 g/mol. The Morgan fingerprint density at radius 3 is 2.45 bits per heavy atom. The minimum absolute atomic E-state index is 0.0211. The van der Waals surface area contributed by atoms with Crippen molar-refractivity contribution in [1.82, 2.24) is 19.9 Å². The number of halogens is 3. The van der Waals surface area contributed by atoms with Crippen LogP contribution in [-0.4, -0.2) is 68.2 Å². The van der Waals surface area contributed by atoms with E-state index < -0.39 is 30.2 Å². The molecule has 0 aliphatic heterocycles. The van der Waals surface area contributed by atoms with E-state index in [9.17, 15) is 15.0 Å². The summed E-state index contributed by atoms with van der Waals surface area (Å²) < 4.78 is 32.5. The number of aliphatic hydroxyl groups excluding tert-OH is 1. The molecule has 2 aromatic carbocycles. The molecule has 0 spiro atoms. The second-order valence-electron chi connectivity index (χ2n) is 9.87. The van der Waals surface area contributed by atoms with Crippen LogP contribution in [0.3, 0.4) is 0 Å². The molecule has 11 nitrogen and oxygen atoms in total. The number of carbonyl (C=O) groups is 1. The third kappa shape index (κ3) is 6.41. The summed E-state index contributed by atoms with van der Waals surface area (Å²) in [6.07, 6.45) is 1.26. The molecule has 0 fully saturated rings. The number of carboxylic acid groups (broad SMARTS) is 1. The number of thiazole rings is 1. The van der Waals surface area contributed by atoms with Gasteiger partial charge < -0.3 is 24.4 Å². The monoisotopic (exact) mass is 661 g/mol. The van der Waals surface area contributed by atoms with Gasteiger partial charge in [-0.25, -0.2) is 24.1 Å². The van der Waals surface area contributed by atoms with E-state index in [0.29, 0.717) is 31.6 Å². The van der Waals surface area contributed by atoms with Gasteiger partial charge >= 0.3 is 12.1 Å². The molecule has 0 unspecified atom stereocenters. The van der Waals surface area contributed by atoms with Crippen molar-refractivity contribution < 1.29 is 33.6 Å². The van der Waals surface area contributed by atoms with Crippen LogP contribution in [0.25, 0.3) is 31.7 Å². The number of amides is 1. The molecule has 3 aromatic heterocycles. The lowest BCUT2D eigenvalue weighted by Crippen LogP contribution is -2.46. The fraction of sp³-hybridized carbons (Fsp3) is 0.276. The van der Waals surface area contributed by atoms with E-state index in [-0.39, 0.29) is 34.6 Å². The Morgan fingerprint density at radius 1 is 1.07 bits per heavy atom. The van der Waals surface area contributed by atoms with E-state index in [1.165, 1.54) is 29.8 Å². The lowest BCUT2D eigenvalue weighted by molar-refractivity contribution is 0.116. The Hall–Kier alpha value is -4.04. The van der Waals surface area contributed by atoms with Gasteiger partial charge in [0.25, 0.3) is 0 Å². The number of pyridine rings is 1. The van der Waals surface area contributed by atoms with E-state index in [0.717, 1.165) is 10.3 Å². The number of methoxy groups -OCH3 is 1. The van der Waals surface area contributed by atoms with Crippen LogP contribution in [0.1, 0.15) is 20.8 Å². The molecule has 44 heavy (non-hydrogen) atoms. The van der Waals surface area contributed by atoms with Crippen LogP contribution >= 0.6 is 34.5 Å². The molecule has 3 heterocycles. The van der Waals surface area contributed by atoms with Gasteiger partial charge in [-0.1, -0.05) is 23.2 Å². The molecule has 15 heteroatoms. The second-order valence-corrected chi connectivity index (χ2v) is 11.7. The SMILES string of the molecule is COc1cnc2c(-c3nc4c(Cl)c(F)c(O[C@@H](C)[C@@H](C)N(C(=O)O)c5cnc(OC[C@@H](C)O)nc5)cc4s3)cc(Cl)cc2c1. The Bertz CT molecular complexity index is 1840. The molecule has 0 aliphatic carbocycles. The summed E-state index contributed by atoms with van der Waals surface area (Å²) in [6, 6.07) is 5.93. The minimum atomic E-state index is -1.30. The lowest BCUT2D eigenvalue weighted by atomic mass is 10.1. The van der Waals surface area contributed by atoms with Gasteiger partial charge in [-0.3, -0.25) is 9.88 Å². The van der Waals surface area contributed by atoms with Gasteiger partial charge in [-0.05, 0) is 39.0 Å². The van der Waals surface area contributed by atoms with Crippen molar-refractivity contribution in [2.75, 3.05) is 18.6 Å². The number of aliphatic hydroxyl groups is 1. The molecule has 0 radical (unpaired) electrons. The summed E-state index contributed by atoms with van der Waals surface area (Å²) in [7, 11) is 1.54. The zero-order valence-electron chi connectivity index (χ0n) is 23.8. The fourth-order valence-corrected chi connectivity index (χ4v) is 5.92. The molecule has 5 aromatic rings. The number of fused-ring (bicyclic) bond motifs is 2. The van der Waals surface area contributed by atoms with Gasteiger partial charge in [0.2, 0.25) is 0 Å². The first-order valence-corrected chi connectivity index (χ1v) is 14.8. The van der Waals surface area contributed by atoms with Gasteiger partial charge in [0, 0.05) is 22.0 Å². The third-order valence-electron chi connectivity index (χ3n) is 6.67. The van der Waals surface area contributed by atoms with Crippen LogP contribution in [0, 0.1) is 5.82 Å². The van der Waals surface area contributed by atoms with Crippen LogP contribution in [0.2, 0.25) is 10.0 Å². The smallest absolute Gasteiger partial charge is 0.412 e. The molecule has 3 atom stereocenters. The summed E-state index contributed by atoms with van der Waals surface area (Å²) in [5.74, 6) is -0.434. The van der Waals surface area contributed by atoms with Crippen molar-refractivity contribution >= 4 is 67.4 Å². The summed E-state index contributed by atoms with van der Waals surface area (Å²) >= 11 is 14.1. The van der Waals surface area contributed by atoms with E-state index >= 15 is 4.39 Å². The van der Waals surface area contributed by atoms with Gasteiger partial charge in [0.05, 0.1) is 53.8 Å². The molecule has 0 bridgehead atoms. The highest BCUT2D eigenvalue weighted by molar-refractivity contribution is 7.21. The quantitative estimate of drug-likeness (QED) is 0.163. The average Bonchev–Trinajstić information content (AvgIpc) is 3.42. The van der Waals surface area contributed by atoms with Crippen LogP contribution < -0.4 is 19.1 Å². The maximum Gasteiger partial charge on any atom is 0.412 e. The van der Waals surface area contributed by atoms with Crippen LogP contribution in [-0.2, 0) is 0 Å². The number of hydrogen-bond donors (Lipinski definition) is 2. The Kier molecular flexibility index (Phi) is 9.20. The van der Waals surface area contributed by atoms with Crippen LogP contribution in [0.15, 0.2) is 42.9 Å². The van der Waals surface area contributed by atoms with Crippen molar-refractivity contribution in [2.24, 2.45) is 0 Å². The molecule has 0 saturated carbocycles. The van der Waals surface area contributed by atoms with Crippen LogP contribution in [0.5, 0.6) is 17.5 Å². The highest BCUT2D eigenvalue weighted by atomic mass is 35.5. The third-order valence-corrected chi connectivity index (χ3v) is 8.27. The highest BCUT2D eigenvalue weighted by Crippen LogP contribution is 2.42. The number of ether oxygens (including phenoxy) is 3. The number of hydrogen-bond acceptors (Lipinski definition) is 10. The van der Waals surface area contributed by atoms with Crippen molar-refractivity contribution in [3.63, 3.8) is 0 Å². The highest BCUT2D eigenvalue weighted by Gasteiger charge is 2.30. The van der Waals surface area contributed by atoms with E-state index in [1.54, 1.807) is 52.3 Å². The Labute approximate surface area is 264 Å². The van der Waals surface area contributed by atoms with E-state index in [1.807, 2.05) is 0 Å². The normalized spacial score (nSPS) is 13.5. The first-order valence-electron chi connectivity index (χ1n) is 13.2. The molecule has 2 N–H and O–H groups in total. The molecule has 0 saturated heterocycles. The number of rotatable bonds is 10. The zero-order valence-corrected chi connectivity index (χ0v) is 26.1. The zero-order chi connectivity index (χ0) is 31.7. The van der Waals surface area contributed by atoms with E-state index in [2.05, 4.69) is 19.9 Å². The maximum absolute atomic E-state index is 15.5. The Balaban J connectivity index is 1.43. The predicted molar refractivity (Wildman–Crippen MR) is 166 cm³/mol. The molecule has 230 valence electrons. The Morgan fingerprint density at radius 2 is 1.80 bits per heavy atom. The van der Waals surface area contributed by atoms with Gasteiger partial charge in [-0.2, -0.15) is 0 Å². The standard InChI is InChI=1S/C29H26Cl2FN5O6S/c1-13(38)12-42-28-34-9-18(10-35-28)37(29(39)40)14(2)15(3)43-21-8-22-26(23(31)24(21)32)36-27(44-22)20-7-17(30)5-16-6-19(41-4)11-33-25(16)20/h5-11,13-15,38H,12H2,1-4H3,(H,39,40)/t13-,14-,15+/m1/s1. The van der Waals surface area contributed by atoms with E-state index in [4.69, 9.17) is 37.4 Å². The average molecular weight is 663 g/mol. The van der Waals surface area contributed by atoms with Crippen molar-refractivity contribution in [2.45, 2.75) is 39.0 Å². The number of aromatic nitrogens is 4.